The molecular weight excluding hydrogens is 206 g/mol. The molecule has 1 aliphatic heterocycles. The highest BCUT2D eigenvalue weighted by Crippen LogP contribution is 2.34. The lowest BCUT2D eigenvalue weighted by Gasteiger charge is -2.12. The first-order valence-electron chi connectivity index (χ1n) is 5.34. The number of aryl methyl sites for hydroxylation is 1. The highest BCUT2D eigenvalue weighted by molar-refractivity contribution is 5.97. The highest BCUT2D eigenvalue weighted by Gasteiger charge is 2.19. The van der Waals surface area contributed by atoms with Gasteiger partial charge < -0.3 is 14.8 Å². The van der Waals surface area contributed by atoms with E-state index in [1.807, 2.05) is 19.1 Å². The molecule has 0 unspecified atom stereocenters. The van der Waals surface area contributed by atoms with Crippen molar-refractivity contribution in [1.82, 2.24) is 5.32 Å². The monoisotopic (exact) mass is 221 g/mol. The third kappa shape index (κ3) is 1.96. The van der Waals surface area contributed by atoms with Gasteiger partial charge in [-0.1, -0.05) is 0 Å². The second-order valence-electron chi connectivity index (χ2n) is 3.77. The average molecular weight is 221 g/mol. The zero-order chi connectivity index (χ0) is 11.5. The van der Waals surface area contributed by atoms with Gasteiger partial charge in [-0.05, 0) is 24.6 Å². The normalized spacial score (nSPS) is 14.1. The van der Waals surface area contributed by atoms with Crippen LogP contribution in [-0.4, -0.2) is 26.2 Å². The van der Waals surface area contributed by atoms with Crippen molar-refractivity contribution in [3.63, 3.8) is 0 Å². The van der Waals surface area contributed by atoms with Gasteiger partial charge >= 0.3 is 0 Å². The molecule has 1 aliphatic rings. The molecule has 0 bridgehead atoms. The van der Waals surface area contributed by atoms with E-state index in [9.17, 15) is 4.79 Å². The fourth-order valence-corrected chi connectivity index (χ4v) is 1.71. The van der Waals surface area contributed by atoms with E-state index >= 15 is 0 Å². The summed E-state index contributed by atoms with van der Waals surface area (Å²) in [4.78, 5) is 11.7. The Hall–Kier alpha value is -1.71. The van der Waals surface area contributed by atoms with Crippen molar-refractivity contribution in [3.8, 4) is 11.5 Å². The molecule has 1 N–H and O–H groups in total. The van der Waals surface area contributed by atoms with Gasteiger partial charge in [0.25, 0.3) is 5.91 Å². The van der Waals surface area contributed by atoms with Gasteiger partial charge in [-0.25, -0.2) is 0 Å². The minimum atomic E-state index is -0.148. The van der Waals surface area contributed by atoms with Gasteiger partial charge in [0.1, 0.15) is 0 Å². The molecule has 1 amide bonds. The number of benzene rings is 1. The van der Waals surface area contributed by atoms with Gasteiger partial charge in [0.2, 0.25) is 0 Å². The molecule has 0 atom stereocenters. The first kappa shape index (κ1) is 10.8. The Balaban J connectivity index is 2.50. The molecule has 86 valence electrons. The lowest BCUT2D eigenvalue weighted by Crippen LogP contribution is -2.19. The predicted octanol–water partition coefficient (Wildman–Crippen LogP) is 1.52. The number of carbonyl (C=O) groups is 1. The van der Waals surface area contributed by atoms with Crippen LogP contribution in [0.25, 0.3) is 0 Å². The first-order valence-corrected chi connectivity index (χ1v) is 5.34. The predicted molar refractivity (Wildman–Crippen MR) is 60.2 cm³/mol. The lowest BCUT2D eigenvalue weighted by molar-refractivity contribution is 0.0959. The van der Waals surface area contributed by atoms with Crippen LogP contribution in [0, 0.1) is 6.92 Å². The van der Waals surface area contributed by atoms with E-state index in [0.29, 0.717) is 30.3 Å². The SMILES string of the molecule is CNC(=O)c1cc(C)cc2c1OCCCO2. The fraction of sp³-hybridized carbons (Fsp3) is 0.417. The summed E-state index contributed by atoms with van der Waals surface area (Å²) in [6, 6.07) is 3.71. The number of fused-ring (bicyclic) bond motifs is 1. The van der Waals surface area contributed by atoms with Crippen LogP contribution in [0.4, 0.5) is 0 Å². The Kier molecular flexibility index (Phi) is 2.99. The molecule has 0 fully saturated rings. The maximum atomic E-state index is 11.7. The third-order valence-electron chi connectivity index (χ3n) is 2.46. The zero-order valence-corrected chi connectivity index (χ0v) is 9.50. The van der Waals surface area contributed by atoms with Gasteiger partial charge in [-0.2, -0.15) is 0 Å². The zero-order valence-electron chi connectivity index (χ0n) is 9.50. The number of carbonyl (C=O) groups excluding carboxylic acids is 1. The Morgan fingerprint density at radius 3 is 2.81 bits per heavy atom. The minimum absolute atomic E-state index is 0.148. The summed E-state index contributed by atoms with van der Waals surface area (Å²) in [5.41, 5.74) is 1.53. The average Bonchev–Trinajstić information content (AvgIpc) is 2.51. The largest absolute Gasteiger partial charge is 0.490 e. The molecule has 1 aromatic rings. The molecule has 2 rings (SSSR count). The minimum Gasteiger partial charge on any atom is -0.490 e. The number of rotatable bonds is 1. The van der Waals surface area contributed by atoms with Crippen LogP contribution < -0.4 is 14.8 Å². The van der Waals surface area contributed by atoms with E-state index in [2.05, 4.69) is 5.32 Å². The highest BCUT2D eigenvalue weighted by atomic mass is 16.5. The van der Waals surface area contributed by atoms with Crippen LogP contribution in [0.1, 0.15) is 22.3 Å². The summed E-state index contributed by atoms with van der Waals surface area (Å²) < 4.78 is 11.1. The number of amides is 1. The van der Waals surface area contributed by atoms with Gasteiger partial charge in [0.15, 0.2) is 11.5 Å². The second kappa shape index (κ2) is 4.43. The number of hydrogen-bond acceptors (Lipinski definition) is 3. The Labute approximate surface area is 94.6 Å². The van der Waals surface area contributed by atoms with Gasteiger partial charge in [0.05, 0.1) is 18.8 Å². The van der Waals surface area contributed by atoms with Crippen molar-refractivity contribution in [2.24, 2.45) is 0 Å². The van der Waals surface area contributed by atoms with Crippen LogP contribution in [0.2, 0.25) is 0 Å². The third-order valence-corrected chi connectivity index (χ3v) is 2.46. The van der Waals surface area contributed by atoms with Crippen molar-refractivity contribution in [2.75, 3.05) is 20.3 Å². The molecule has 1 aromatic carbocycles. The first-order chi connectivity index (χ1) is 7.72. The topological polar surface area (TPSA) is 47.6 Å². The molecule has 1 heterocycles. The second-order valence-corrected chi connectivity index (χ2v) is 3.77. The molecule has 0 radical (unpaired) electrons. The van der Waals surface area contributed by atoms with E-state index in [4.69, 9.17) is 9.47 Å². The van der Waals surface area contributed by atoms with Crippen molar-refractivity contribution in [1.29, 1.82) is 0 Å². The molecule has 16 heavy (non-hydrogen) atoms. The van der Waals surface area contributed by atoms with Crippen LogP contribution in [-0.2, 0) is 0 Å². The van der Waals surface area contributed by atoms with E-state index in [-0.39, 0.29) is 5.91 Å². The molecule has 0 saturated carbocycles. The fourth-order valence-electron chi connectivity index (χ4n) is 1.71. The summed E-state index contributed by atoms with van der Waals surface area (Å²) in [6.45, 7) is 3.14. The van der Waals surface area contributed by atoms with Gasteiger partial charge in [-0.15, -0.1) is 0 Å². The molecular formula is C12H15NO3. The molecule has 0 aromatic heterocycles. The smallest absolute Gasteiger partial charge is 0.254 e. The van der Waals surface area contributed by atoms with E-state index in [1.165, 1.54) is 0 Å². The summed E-state index contributed by atoms with van der Waals surface area (Å²) in [5, 5.41) is 2.60. The summed E-state index contributed by atoms with van der Waals surface area (Å²) in [6.07, 6.45) is 0.834. The standard InChI is InChI=1S/C12H15NO3/c1-8-6-9(12(14)13-2)11-10(7-8)15-4-3-5-16-11/h6-7H,3-5H2,1-2H3,(H,13,14). The summed E-state index contributed by atoms with van der Waals surface area (Å²) in [5.74, 6) is 1.07. The van der Waals surface area contributed by atoms with Crippen molar-refractivity contribution < 1.29 is 14.3 Å². The van der Waals surface area contributed by atoms with Crippen LogP contribution >= 0.6 is 0 Å². The van der Waals surface area contributed by atoms with E-state index < -0.39 is 0 Å². The van der Waals surface area contributed by atoms with E-state index in [0.717, 1.165) is 12.0 Å². The van der Waals surface area contributed by atoms with Crippen LogP contribution in [0.5, 0.6) is 11.5 Å². The van der Waals surface area contributed by atoms with Gasteiger partial charge in [0, 0.05) is 13.5 Å². The van der Waals surface area contributed by atoms with Crippen molar-refractivity contribution >= 4 is 5.91 Å². The molecule has 0 spiro atoms. The van der Waals surface area contributed by atoms with E-state index in [1.54, 1.807) is 7.05 Å². The van der Waals surface area contributed by atoms with Crippen molar-refractivity contribution in [2.45, 2.75) is 13.3 Å². The summed E-state index contributed by atoms with van der Waals surface area (Å²) in [7, 11) is 1.61. The number of ether oxygens (including phenoxy) is 2. The summed E-state index contributed by atoms with van der Waals surface area (Å²) >= 11 is 0. The van der Waals surface area contributed by atoms with Crippen molar-refractivity contribution in [3.05, 3.63) is 23.3 Å². The van der Waals surface area contributed by atoms with Crippen LogP contribution in [0.15, 0.2) is 12.1 Å². The number of nitrogens with one attached hydrogen (secondary N) is 1. The Morgan fingerprint density at radius 1 is 1.31 bits per heavy atom. The molecule has 4 heteroatoms. The molecule has 0 aliphatic carbocycles. The number of hydrogen-bond donors (Lipinski definition) is 1. The maximum absolute atomic E-state index is 11.7. The lowest BCUT2D eigenvalue weighted by atomic mass is 10.1. The van der Waals surface area contributed by atoms with Gasteiger partial charge in [-0.3, -0.25) is 4.79 Å². The van der Waals surface area contributed by atoms with Crippen LogP contribution in [0.3, 0.4) is 0 Å². The Bertz CT molecular complexity index is 415. The molecule has 4 nitrogen and oxygen atoms in total. The quantitative estimate of drug-likeness (QED) is 0.782. The Morgan fingerprint density at radius 2 is 2.06 bits per heavy atom. The molecule has 0 saturated heterocycles. The maximum Gasteiger partial charge on any atom is 0.254 e.